The van der Waals surface area contributed by atoms with Gasteiger partial charge in [-0.15, -0.1) is 5.10 Å². The van der Waals surface area contributed by atoms with Crippen LogP contribution in [0.3, 0.4) is 0 Å². The van der Waals surface area contributed by atoms with Crippen molar-refractivity contribution in [2.24, 2.45) is 0 Å². The Morgan fingerprint density at radius 2 is 1.77 bits per heavy atom. The number of aromatic amines is 1. The molecule has 1 aliphatic rings. The van der Waals surface area contributed by atoms with E-state index >= 15 is 0 Å². The van der Waals surface area contributed by atoms with Crippen molar-refractivity contribution >= 4 is 15.5 Å². The number of benzene rings is 1. The van der Waals surface area contributed by atoms with Gasteiger partial charge in [-0.3, -0.25) is 9.69 Å². The van der Waals surface area contributed by atoms with Gasteiger partial charge in [0.15, 0.2) is 11.3 Å². The van der Waals surface area contributed by atoms with Crippen LogP contribution in [0.2, 0.25) is 0 Å². The van der Waals surface area contributed by atoms with Crippen LogP contribution in [0.1, 0.15) is 51.0 Å². The molecule has 2 aromatic heterocycles. The minimum absolute atomic E-state index is 0.0348. The highest BCUT2D eigenvalue weighted by molar-refractivity contribution is 7.89. The lowest BCUT2D eigenvalue weighted by Gasteiger charge is -2.34. The van der Waals surface area contributed by atoms with Gasteiger partial charge in [0.25, 0.3) is 5.56 Å². The Bertz CT molecular complexity index is 1490. The predicted octanol–water partition coefficient (Wildman–Crippen LogP) is 3.56. The van der Waals surface area contributed by atoms with E-state index in [1.807, 2.05) is 13.8 Å². The Labute approximate surface area is 224 Å². The van der Waals surface area contributed by atoms with Gasteiger partial charge in [-0.05, 0) is 44.9 Å². The molecule has 4 rings (SSSR count). The third-order valence-electron chi connectivity index (χ3n) is 6.93. The molecule has 1 aliphatic heterocycles. The Morgan fingerprint density at radius 3 is 2.36 bits per heavy atom. The highest BCUT2D eigenvalue weighted by atomic mass is 32.2. The van der Waals surface area contributed by atoms with Crippen LogP contribution in [0.15, 0.2) is 27.9 Å². The normalized spacial score (nSPS) is 15.9. The predicted molar refractivity (Wildman–Crippen MR) is 140 cm³/mol. The van der Waals surface area contributed by atoms with Crippen LogP contribution in [-0.2, 0) is 10.0 Å². The van der Waals surface area contributed by atoms with Crippen molar-refractivity contribution in [1.82, 2.24) is 28.8 Å². The summed E-state index contributed by atoms with van der Waals surface area (Å²) in [4.78, 5) is 21.6. The molecular weight excluding hydrogens is 537 g/mol. The van der Waals surface area contributed by atoms with Gasteiger partial charge < -0.3 is 9.72 Å². The van der Waals surface area contributed by atoms with Crippen LogP contribution in [0.4, 0.5) is 13.2 Å². The highest BCUT2D eigenvalue weighted by Gasteiger charge is 2.35. The Balaban J connectivity index is 1.75. The lowest BCUT2D eigenvalue weighted by Crippen LogP contribution is -2.50. The largest absolute Gasteiger partial charge is 0.493 e. The third kappa shape index (κ3) is 5.97. The van der Waals surface area contributed by atoms with Crippen molar-refractivity contribution in [1.29, 1.82) is 0 Å². The number of rotatable bonds is 9. The van der Waals surface area contributed by atoms with Crippen molar-refractivity contribution in [2.45, 2.75) is 57.5 Å². The first-order valence-corrected chi connectivity index (χ1v) is 14.4. The fraction of sp³-hybridized carbons (Fsp3) is 0.560. The molecule has 0 aliphatic carbocycles. The monoisotopic (exact) mass is 570 g/mol. The maximum Gasteiger partial charge on any atom is 0.401 e. The molecule has 0 bridgehead atoms. The van der Waals surface area contributed by atoms with Gasteiger partial charge in [-0.2, -0.15) is 17.5 Å². The van der Waals surface area contributed by atoms with E-state index in [4.69, 9.17) is 4.74 Å². The zero-order chi connectivity index (χ0) is 28.5. The van der Waals surface area contributed by atoms with Crippen molar-refractivity contribution in [3.8, 4) is 17.1 Å². The number of imidazole rings is 1. The SMILES string of the molecule is CCOc1ccc(S(=O)(=O)N2CCN(CC(F)(F)F)CC2)cc1-c1nn2c(C(CC)CC)nc(C)c2c(=O)[nH]1. The lowest BCUT2D eigenvalue weighted by molar-refractivity contribution is -0.148. The summed E-state index contributed by atoms with van der Waals surface area (Å²) >= 11 is 0. The van der Waals surface area contributed by atoms with E-state index in [-0.39, 0.29) is 55.0 Å². The summed E-state index contributed by atoms with van der Waals surface area (Å²) in [6, 6.07) is 4.27. The summed E-state index contributed by atoms with van der Waals surface area (Å²) < 4.78 is 73.6. The fourth-order valence-electron chi connectivity index (χ4n) is 4.90. The highest BCUT2D eigenvalue weighted by Crippen LogP contribution is 2.32. The summed E-state index contributed by atoms with van der Waals surface area (Å²) in [5.74, 6) is 1.17. The summed E-state index contributed by atoms with van der Waals surface area (Å²) in [5, 5.41) is 4.66. The number of H-pyrrole nitrogens is 1. The molecule has 0 unspecified atom stereocenters. The number of piperazine rings is 1. The molecule has 0 atom stereocenters. The summed E-state index contributed by atoms with van der Waals surface area (Å²) in [5.41, 5.74) is 0.718. The molecule has 39 heavy (non-hydrogen) atoms. The van der Waals surface area contributed by atoms with Gasteiger partial charge in [0, 0.05) is 32.1 Å². The molecule has 0 radical (unpaired) electrons. The number of sulfonamides is 1. The molecule has 0 amide bonds. The molecule has 3 aromatic rings. The summed E-state index contributed by atoms with van der Waals surface area (Å²) in [6.07, 6.45) is -2.75. The first kappa shape index (κ1) is 29.0. The number of fused-ring (bicyclic) bond motifs is 1. The van der Waals surface area contributed by atoms with E-state index in [1.54, 1.807) is 13.8 Å². The van der Waals surface area contributed by atoms with Gasteiger partial charge in [0.2, 0.25) is 10.0 Å². The Morgan fingerprint density at radius 1 is 1.10 bits per heavy atom. The van der Waals surface area contributed by atoms with Crippen molar-refractivity contribution < 1.29 is 26.3 Å². The molecule has 1 fully saturated rings. The second-order valence-corrected chi connectivity index (χ2v) is 11.5. The number of hydrogen-bond acceptors (Lipinski definition) is 7. The van der Waals surface area contributed by atoms with Crippen LogP contribution in [0.25, 0.3) is 16.9 Å². The number of aryl methyl sites for hydroxylation is 1. The van der Waals surface area contributed by atoms with E-state index in [0.717, 1.165) is 12.8 Å². The second kappa shape index (κ2) is 11.3. The van der Waals surface area contributed by atoms with Crippen molar-refractivity contribution in [2.75, 3.05) is 39.3 Å². The molecular formula is C25H33F3N6O4S. The summed E-state index contributed by atoms with van der Waals surface area (Å²) in [6.45, 7) is 6.57. The summed E-state index contributed by atoms with van der Waals surface area (Å²) in [7, 11) is -4.04. The second-order valence-electron chi connectivity index (χ2n) is 9.52. The number of aromatic nitrogens is 4. The van der Waals surface area contributed by atoms with Crippen LogP contribution < -0.4 is 10.3 Å². The van der Waals surface area contributed by atoms with Gasteiger partial charge in [0.1, 0.15) is 11.6 Å². The maximum absolute atomic E-state index is 13.5. The van der Waals surface area contributed by atoms with Crippen molar-refractivity contribution in [3.63, 3.8) is 0 Å². The molecule has 3 heterocycles. The zero-order valence-electron chi connectivity index (χ0n) is 22.4. The lowest BCUT2D eigenvalue weighted by atomic mass is 10.0. The van der Waals surface area contributed by atoms with Crippen molar-refractivity contribution in [3.05, 3.63) is 40.1 Å². The minimum atomic E-state index is -4.35. The van der Waals surface area contributed by atoms with Crippen LogP contribution >= 0.6 is 0 Å². The van der Waals surface area contributed by atoms with Gasteiger partial charge in [0.05, 0.1) is 29.3 Å². The Kier molecular flexibility index (Phi) is 8.38. The molecule has 10 nitrogen and oxygen atoms in total. The fourth-order valence-corrected chi connectivity index (χ4v) is 6.35. The van der Waals surface area contributed by atoms with Gasteiger partial charge in [-0.1, -0.05) is 13.8 Å². The third-order valence-corrected chi connectivity index (χ3v) is 8.82. The van der Waals surface area contributed by atoms with Gasteiger partial charge >= 0.3 is 6.18 Å². The Hall–Kier alpha value is -2.97. The van der Waals surface area contributed by atoms with E-state index in [9.17, 15) is 26.4 Å². The van der Waals surface area contributed by atoms with E-state index in [1.165, 1.54) is 31.9 Å². The number of hydrogen-bond donors (Lipinski definition) is 1. The maximum atomic E-state index is 13.5. The molecule has 0 spiro atoms. The standard InChI is InChI=1S/C25H33F3N6O4S/c1-5-17(6-2)23-29-16(4)21-24(35)30-22(31-34(21)23)19-14-18(8-9-20(19)38-7-3)39(36,37)33-12-10-32(11-13-33)15-25(26,27)28/h8-9,14,17H,5-7,10-13,15H2,1-4H3,(H,30,31,35). The minimum Gasteiger partial charge on any atom is -0.493 e. The first-order valence-electron chi connectivity index (χ1n) is 13.0. The number of nitrogens with zero attached hydrogens (tertiary/aromatic N) is 5. The first-order chi connectivity index (χ1) is 18.4. The van der Waals surface area contributed by atoms with Gasteiger partial charge in [-0.25, -0.2) is 17.9 Å². The van der Waals surface area contributed by atoms with E-state index < -0.39 is 28.3 Å². The average molecular weight is 571 g/mol. The van der Waals surface area contributed by atoms with E-state index in [0.29, 0.717) is 22.8 Å². The average Bonchev–Trinajstić information content (AvgIpc) is 3.21. The molecule has 14 heteroatoms. The number of alkyl halides is 3. The molecule has 214 valence electrons. The topological polar surface area (TPSA) is 113 Å². The molecule has 1 aromatic carbocycles. The molecule has 1 saturated heterocycles. The smallest absolute Gasteiger partial charge is 0.401 e. The molecule has 1 N–H and O–H groups in total. The zero-order valence-corrected chi connectivity index (χ0v) is 23.2. The number of halogens is 3. The van der Waals surface area contributed by atoms with E-state index in [2.05, 4.69) is 15.1 Å². The van der Waals surface area contributed by atoms with Crippen LogP contribution in [0, 0.1) is 6.92 Å². The number of nitrogens with one attached hydrogen (secondary N) is 1. The van der Waals surface area contributed by atoms with Crippen LogP contribution in [-0.4, -0.2) is 82.7 Å². The van der Waals surface area contributed by atoms with Crippen LogP contribution in [0.5, 0.6) is 5.75 Å². The molecule has 0 saturated carbocycles. The number of ether oxygens (including phenoxy) is 1. The quantitative estimate of drug-likeness (QED) is 0.419.